The molecule has 0 N–H and O–H groups in total. The Balaban J connectivity index is 4.60. The maximum atomic E-state index is 12.8. The highest BCUT2D eigenvalue weighted by Crippen LogP contribution is 2.11. The molecule has 0 amide bonds. The van der Waals surface area contributed by atoms with Crippen LogP contribution in [0.2, 0.25) is 0 Å². The zero-order valence-electron chi connectivity index (χ0n) is 41.7. The van der Waals surface area contributed by atoms with Crippen LogP contribution in [0.5, 0.6) is 0 Å². The van der Waals surface area contributed by atoms with E-state index in [9.17, 15) is 14.4 Å². The lowest BCUT2D eigenvalue weighted by molar-refractivity contribution is -0.166. The van der Waals surface area contributed by atoms with E-state index in [1.165, 1.54) is 64.2 Å². The molecule has 0 unspecified atom stereocenters. The van der Waals surface area contributed by atoms with Crippen molar-refractivity contribution in [3.8, 4) is 0 Å². The number of carbonyl (C=O) groups excluding carboxylic acids is 3. The third kappa shape index (κ3) is 50.7. The van der Waals surface area contributed by atoms with Gasteiger partial charge in [-0.3, -0.25) is 14.4 Å². The van der Waals surface area contributed by atoms with E-state index in [0.29, 0.717) is 19.3 Å². The molecule has 0 aromatic rings. The summed E-state index contributed by atoms with van der Waals surface area (Å²) in [7, 11) is 0. The zero-order valence-corrected chi connectivity index (χ0v) is 41.7. The number of unbranched alkanes of at least 4 members (excludes halogenated alkanes) is 14. The SMILES string of the molecule is CC/C=C\C/C=C\C/C=C\C/C=C\CCCCC(=O)OC[C@H](COC(=O)CCCCCCC/C=C\CCCCCC)OC(=O)CC/C=C\C/C=C\C/C=C\C/C=C\C/C=C\CCCCC. The summed E-state index contributed by atoms with van der Waals surface area (Å²) in [5, 5.41) is 0. The maximum Gasteiger partial charge on any atom is 0.306 e. The van der Waals surface area contributed by atoms with Crippen molar-refractivity contribution in [1.29, 1.82) is 0 Å². The first-order chi connectivity index (χ1) is 32.0. The summed E-state index contributed by atoms with van der Waals surface area (Å²) < 4.78 is 16.7. The van der Waals surface area contributed by atoms with Crippen molar-refractivity contribution < 1.29 is 28.6 Å². The van der Waals surface area contributed by atoms with Crippen LogP contribution in [0.25, 0.3) is 0 Å². The lowest BCUT2D eigenvalue weighted by Gasteiger charge is -2.18. The number of ether oxygens (including phenoxy) is 3. The van der Waals surface area contributed by atoms with Gasteiger partial charge in [0.15, 0.2) is 6.10 Å². The number of hydrogen-bond donors (Lipinski definition) is 0. The molecule has 0 fully saturated rings. The Kier molecular flexibility index (Phi) is 49.1. The minimum Gasteiger partial charge on any atom is -0.462 e. The highest BCUT2D eigenvalue weighted by molar-refractivity contribution is 5.71. The Morgan fingerprint density at radius 1 is 0.323 bits per heavy atom. The first kappa shape index (κ1) is 60.8. The van der Waals surface area contributed by atoms with Gasteiger partial charge in [-0.15, -0.1) is 0 Å². The van der Waals surface area contributed by atoms with Gasteiger partial charge in [0, 0.05) is 19.3 Å². The fourth-order valence-electron chi connectivity index (χ4n) is 6.53. The highest BCUT2D eigenvalue weighted by Gasteiger charge is 2.19. The zero-order chi connectivity index (χ0) is 47.2. The Hall–Kier alpha value is -4.19. The quantitative estimate of drug-likeness (QED) is 0.0262. The highest BCUT2D eigenvalue weighted by atomic mass is 16.6. The van der Waals surface area contributed by atoms with Gasteiger partial charge in [-0.1, -0.05) is 194 Å². The molecular weight excluding hydrogens is 805 g/mol. The topological polar surface area (TPSA) is 78.9 Å². The van der Waals surface area contributed by atoms with Crippen LogP contribution in [-0.4, -0.2) is 37.2 Å². The molecule has 0 aromatic heterocycles. The van der Waals surface area contributed by atoms with Crippen molar-refractivity contribution >= 4 is 17.9 Å². The lowest BCUT2D eigenvalue weighted by Crippen LogP contribution is -2.30. The summed E-state index contributed by atoms with van der Waals surface area (Å²) in [5.74, 6) is -1.07. The first-order valence-corrected chi connectivity index (χ1v) is 26.0. The molecule has 0 bridgehead atoms. The monoisotopic (exact) mass is 899 g/mol. The summed E-state index contributed by atoms with van der Waals surface area (Å²) in [6.45, 7) is 6.35. The van der Waals surface area contributed by atoms with Crippen LogP contribution < -0.4 is 0 Å². The second kappa shape index (κ2) is 52.4. The minimum atomic E-state index is -0.841. The van der Waals surface area contributed by atoms with Gasteiger partial charge in [-0.05, 0) is 122 Å². The van der Waals surface area contributed by atoms with Crippen molar-refractivity contribution in [2.75, 3.05) is 13.2 Å². The predicted molar refractivity (Wildman–Crippen MR) is 279 cm³/mol. The van der Waals surface area contributed by atoms with Crippen molar-refractivity contribution in [2.45, 2.75) is 219 Å². The molecule has 0 aliphatic heterocycles. The summed E-state index contributed by atoms with van der Waals surface area (Å²) in [6.07, 6.45) is 71.9. The van der Waals surface area contributed by atoms with Crippen molar-refractivity contribution in [2.24, 2.45) is 0 Å². The normalized spacial score (nSPS) is 13.1. The molecule has 1 atom stereocenters. The Morgan fingerprint density at radius 2 is 0.631 bits per heavy atom. The largest absolute Gasteiger partial charge is 0.462 e. The van der Waals surface area contributed by atoms with E-state index >= 15 is 0 Å². The number of allylic oxidation sites excluding steroid dienone is 20. The van der Waals surface area contributed by atoms with Gasteiger partial charge >= 0.3 is 17.9 Å². The molecule has 0 radical (unpaired) electrons. The van der Waals surface area contributed by atoms with E-state index in [1.807, 2.05) is 12.2 Å². The van der Waals surface area contributed by atoms with Gasteiger partial charge < -0.3 is 14.2 Å². The Morgan fingerprint density at radius 3 is 1.08 bits per heavy atom. The van der Waals surface area contributed by atoms with E-state index in [4.69, 9.17) is 14.2 Å². The van der Waals surface area contributed by atoms with Crippen molar-refractivity contribution in [1.82, 2.24) is 0 Å². The fourth-order valence-corrected chi connectivity index (χ4v) is 6.53. The van der Waals surface area contributed by atoms with Gasteiger partial charge in [0.25, 0.3) is 0 Å². The summed E-state index contributed by atoms with van der Waals surface area (Å²) in [4.78, 5) is 37.9. The van der Waals surface area contributed by atoms with Crippen LogP contribution in [0.4, 0.5) is 0 Å². The predicted octanol–water partition coefficient (Wildman–Crippen LogP) is 17.3. The van der Waals surface area contributed by atoms with Gasteiger partial charge in [-0.25, -0.2) is 0 Å². The van der Waals surface area contributed by atoms with Gasteiger partial charge in [-0.2, -0.15) is 0 Å². The Bertz CT molecular complexity index is 1400. The van der Waals surface area contributed by atoms with E-state index in [0.717, 1.165) is 96.3 Å². The molecule has 0 heterocycles. The molecule has 0 aromatic carbocycles. The number of rotatable bonds is 45. The molecule has 0 spiro atoms. The summed E-state index contributed by atoms with van der Waals surface area (Å²) in [6, 6.07) is 0. The van der Waals surface area contributed by atoms with Gasteiger partial charge in [0.05, 0.1) is 0 Å². The van der Waals surface area contributed by atoms with Crippen LogP contribution in [0.15, 0.2) is 122 Å². The summed E-state index contributed by atoms with van der Waals surface area (Å²) in [5.41, 5.74) is 0. The average molecular weight is 899 g/mol. The molecule has 0 aliphatic carbocycles. The second-order valence-electron chi connectivity index (χ2n) is 16.7. The molecule has 0 rings (SSSR count). The lowest BCUT2D eigenvalue weighted by atomic mass is 10.1. The molecular formula is C59H94O6. The first-order valence-electron chi connectivity index (χ1n) is 26.0. The van der Waals surface area contributed by atoms with Crippen LogP contribution in [0.1, 0.15) is 213 Å². The third-order valence-corrected chi connectivity index (χ3v) is 10.4. The van der Waals surface area contributed by atoms with E-state index in [-0.39, 0.29) is 38.0 Å². The van der Waals surface area contributed by atoms with E-state index < -0.39 is 12.1 Å². The van der Waals surface area contributed by atoms with E-state index in [1.54, 1.807) is 0 Å². The van der Waals surface area contributed by atoms with Crippen LogP contribution >= 0.6 is 0 Å². The van der Waals surface area contributed by atoms with Gasteiger partial charge in [0.1, 0.15) is 13.2 Å². The molecule has 0 saturated heterocycles. The van der Waals surface area contributed by atoms with Crippen molar-refractivity contribution in [3.05, 3.63) is 122 Å². The average Bonchev–Trinajstić information content (AvgIpc) is 3.30. The van der Waals surface area contributed by atoms with E-state index in [2.05, 4.69) is 130 Å². The maximum absolute atomic E-state index is 12.8. The molecule has 0 saturated carbocycles. The molecule has 6 nitrogen and oxygen atoms in total. The molecule has 0 aliphatic rings. The number of carbonyl (C=O) groups is 3. The standard InChI is InChI=1S/C59H94O6/c1-4-7-10-13-16-19-22-25-27-28-29-30-32-35-38-41-44-47-50-53-59(62)65-56(54-63-57(60)51-48-45-42-39-36-33-24-21-18-15-12-9-6-3)55-64-58(61)52-49-46-43-40-37-34-31-26-23-20-17-14-11-8-5-2/h8,11,16-17,19-21,24-27,29-31,35,37-38,40,44,47,56H,4-7,9-10,12-15,18,22-23,28,32-34,36,39,41-43,45-46,48-55H2,1-3H3/b11-8-,19-16-,20-17-,24-21-,27-25-,30-29-,31-26-,38-35-,40-37-,47-44-/t56-/m0/s1. The number of hydrogen-bond acceptors (Lipinski definition) is 6. The number of esters is 3. The smallest absolute Gasteiger partial charge is 0.306 e. The summed E-state index contributed by atoms with van der Waals surface area (Å²) >= 11 is 0. The van der Waals surface area contributed by atoms with Crippen LogP contribution in [-0.2, 0) is 28.6 Å². The molecule has 366 valence electrons. The fraction of sp³-hybridized carbons (Fsp3) is 0.610. The van der Waals surface area contributed by atoms with Crippen LogP contribution in [0, 0.1) is 0 Å². The van der Waals surface area contributed by atoms with Gasteiger partial charge in [0.2, 0.25) is 0 Å². The minimum absolute atomic E-state index is 0.129. The molecule has 6 heteroatoms. The second-order valence-corrected chi connectivity index (χ2v) is 16.7. The Labute approximate surface area is 399 Å². The van der Waals surface area contributed by atoms with Crippen LogP contribution in [0.3, 0.4) is 0 Å². The van der Waals surface area contributed by atoms with Crippen molar-refractivity contribution in [3.63, 3.8) is 0 Å². The molecule has 65 heavy (non-hydrogen) atoms. The third-order valence-electron chi connectivity index (χ3n) is 10.4.